The van der Waals surface area contributed by atoms with Crippen LogP contribution in [0.4, 0.5) is 0 Å². The fourth-order valence-electron chi connectivity index (χ4n) is 1.32. The number of aromatic nitrogens is 3. The van der Waals surface area contributed by atoms with Crippen LogP contribution in [0.3, 0.4) is 0 Å². The van der Waals surface area contributed by atoms with E-state index in [0.29, 0.717) is 16.2 Å². The molecule has 5 nitrogen and oxygen atoms in total. The molecule has 78 valence electrons. The highest BCUT2D eigenvalue weighted by molar-refractivity contribution is 6.34. The van der Waals surface area contributed by atoms with E-state index in [9.17, 15) is 4.79 Å². The fourth-order valence-corrected chi connectivity index (χ4v) is 1.51. The van der Waals surface area contributed by atoms with E-state index >= 15 is 0 Å². The highest BCUT2D eigenvalue weighted by Gasteiger charge is 2.17. The minimum Gasteiger partial charge on any atom is -0.463 e. The number of imidazole rings is 1. The Morgan fingerprint density at radius 1 is 1.60 bits per heavy atom. The number of pyridine rings is 1. The van der Waals surface area contributed by atoms with E-state index in [1.54, 1.807) is 23.9 Å². The standard InChI is InChI=1S/C9H8ClN3O2/c1-13-7-6(5(10)3-4-11-7)12-8(13)9(14)15-2/h3-4H,1-2H3. The molecule has 0 atom stereocenters. The Morgan fingerprint density at radius 3 is 2.93 bits per heavy atom. The van der Waals surface area contributed by atoms with Gasteiger partial charge in [-0.1, -0.05) is 11.6 Å². The molecule has 6 heteroatoms. The SMILES string of the molecule is COC(=O)c1nc2c(Cl)ccnc2n1C. The Hall–Kier alpha value is -1.62. The summed E-state index contributed by atoms with van der Waals surface area (Å²) in [5.74, 6) is -0.320. The van der Waals surface area contributed by atoms with Crippen molar-refractivity contribution >= 4 is 28.7 Å². The van der Waals surface area contributed by atoms with Crippen molar-refractivity contribution in [1.82, 2.24) is 14.5 Å². The third-order valence-electron chi connectivity index (χ3n) is 2.08. The Morgan fingerprint density at radius 2 is 2.33 bits per heavy atom. The van der Waals surface area contributed by atoms with Crippen molar-refractivity contribution in [2.75, 3.05) is 7.11 Å². The van der Waals surface area contributed by atoms with Crippen LogP contribution < -0.4 is 0 Å². The van der Waals surface area contributed by atoms with Crippen LogP contribution in [-0.4, -0.2) is 27.6 Å². The van der Waals surface area contributed by atoms with Crippen LogP contribution in [0, 0.1) is 0 Å². The summed E-state index contributed by atoms with van der Waals surface area (Å²) in [7, 11) is 2.99. The molecule has 0 saturated carbocycles. The number of rotatable bonds is 1. The highest BCUT2D eigenvalue weighted by Crippen LogP contribution is 2.21. The normalized spacial score (nSPS) is 10.6. The van der Waals surface area contributed by atoms with Crippen molar-refractivity contribution in [2.24, 2.45) is 7.05 Å². The average Bonchev–Trinajstić information content (AvgIpc) is 2.57. The number of esters is 1. The minimum atomic E-state index is -0.508. The molecular weight excluding hydrogens is 218 g/mol. The van der Waals surface area contributed by atoms with Gasteiger partial charge in [0.25, 0.3) is 0 Å². The molecule has 0 fully saturated rings. The second kappa shape index (κ2) is 3.51. The van der Waals surface area contributed by atoms with Gasteiger partial charge >= 0.3 is 5.97 Å². The predicted molar refractivity (Wildman–Crippen MR) is 54.9 cm³/mol. The van der Waals surface area contributed by atoms with E-state index in [-0.39, 0.29) is 5.82 Å². The number of carbonyl (C=O) groups excluding carboxylic acids is 1. The molecule has 2 aromatic rings. The van der Waals surface area contributed by atoms with Crippen molar-refractivity contribution < 1.29 is 9.53 Å². The molecule has 0 radical (unpaired) electrons. The van der Waals surface area contributed by atoms with Crippen molar-refractivity contribution in [3.8, 4) is 0 Å². The molecule has 0 aliphatic rings. The number of aryl methyl sites for hydroxylation is 1. The fraction of sp³-hybridized carbons (Fsp3) is 0.222. The van der Waals surface area contributed by atoms with E-state index in [2.05, 4.69) is 14.7 Å². The second-order valence-electron chi connectivity index (χ2n) is 2.95. The van der Waals surface area contributed by atoms with Crippen LogP contribution in [0.25, 0.3) is 11.2 Å². The molecule has 2 aromatic heterocycles. The first kappa shape index (κ1) is 9.92. The first-order chi connectivity index (χ1) is 7.15. The molecule has 2 rings (SSSR count). The van der Waals surface area contributed by atoms with Gasteiger partial charge in [0, 0.05) is 13.2 Å². The Balaban J connectivity index is 2.75. The Labute approximate surface area is 90.6 Å². The zero-order chi connectivity index (χ0) is 11.0. The van der Waals surface area contributed by atoms with E-state index in [4.69, 9.17) is 11.6 Å². The lowest BCUT2D eigenvalue weighted by Gasteiger charge is -1.98. The minimum absolute atomic E-state index is 0.188. The van der Waals surface area contributed by atoms with E-state index < -0.39 is 5.97 Å². The molecule has 15 heavy (non-hydrogen) atoms. The lowest BCUT2D eigenvalue weighted by molar-refractivity contribution is 0.0583. The van der Waals surface area contributed by atoms with Gasteiger partial charge in [0.05, 0.1) is 12.1 Å². The summed E-state index contributed by atoms with van der Waals surface area (Å²) in [5, 5.41) is 0.464. The maximum atomic E-state index is 11.3. The van der Waals surface area contributed by atoms with Gasteiger partial charge in [-0.2, -0.15) is 0 Å². The molecule has 0 saturated heterocycles. The highest BCUT2D eigenvalue weighted by atomic mass is 35.5. The van der Waals surface area contributed by atoms with Gasteiger partial charge in [0.2, 0.25) is 5.82 Å². The van der Waals surface area contributed by atoms with Gasteiger partial charge in [-0.3, -0.25) is 0 Å². The lowest BCUT2D eigenvalue weighted by Crippen LogP contribution is -2.09. The summed E-state index contributed by atoms with van der Waals surface area (Å²) < 4.78 is 6.14. The summed E-state index contributed by atoms with van der Waals surface area (Å²) in [6, 6.07) is 1.62. The number of nitrogens with zero attached hydrogens (tertiary/aromatic N) is 3. The molecule has 0 aliphatic heterocycles. The van der Waals surface area contributed by atoms with Crippen molar-refractivity contribution in [2.45, 2.75) is 0 Å². The lowest BCUT2D eigenvalue weighted by atomic mass is 10.4. The summed E-state index contributed by atoms with van der Waals surface area (Å²) in [6.07, 6.45) is 1.56. The van der Waals surface area contributed by atoms with Crippen LogP contribution >= 0.6 is 11.6 Å². The summed E-state index contributed by atoms with van der Waals surface area (Å²) in [6.45, 7) is 0. The summed E-state index contributed by atoms with van der Waals surface area (Å²) >= 11 is 5.92. The van der Waals surface area contributed by atoms with Gasteiger partial charge in [-0.25, -0.2) is 14.8 Å². The number of fused-ring (bicyclic) bond motifs is 1. The first-order valence-corrected chi connectivity index (χ1v) is 4.58. The zero-order valence-electron chi connectivity index (χ0n) is 8.19. The van der Waals surface area contributed by atoms with Gasteiger partial charge in [0.15, 0.2) is 5.65 Å². The maximum absolute atomic E-state index is 11.3. The number of halogens is 1. The molecule has 2 heterocycles. The third-order valence-corrected chi connectivity index (χ3v) is 2.38. The number of hydrogen-bond donors (Lipinski definition) is 0. The quantitative estimate of drug-likeness (QED) is 0.689. The van der Waals surface area contributed by atoms with Crippen molar-refractivity contribution in [3.63, 3.8) is 0 Å². The molecule has 0 bridgehead atoms. The molecule has 0 unspecified atom stereocenters. The van der Waals surface area contributed by atoms with Crippen molar-refractivity contribution in [1.29, 1.82) is 0 Å². The van der Waals surface area contributed by atoms with E-state index in [0.717, 1.165) is 0 Å². The van der Waals surface area contributed by atoms with Crippen LogP contribution in [0.15, 0.2) is 12.3 Å². The Kier molecular flexibility index (Phi) is 2.32. The van der Waals surface area contributed by atoms with Gasteiger partial charge in [-0.15, -0.1) is 0 Å². The largest absolute Gasteiger partial charge is 0.463 e. The number of hydrogen-bond acceptors (Lipinski definition) is 4. The molecule has 0 aliphatic carbocycles. The molecular formula is C9H8ClN3O2. The van der Waals surface area contributed by atoms with Gasteiger partial charge in [0.1, 0.15) is 5.52 Å². The number of methoxy groups -OCH3 is 1. The predicted octanol–water partition coefficient (Wildman–Crippen LogP) is 1.41. The Bertz CT molecular complexity index is 535. The third kappa shape index (κ3) is 1.45. The van der Waals surface area contributed by atoms with E-state index in [1.807, 2.05) is 0 Å². The zero-order valence-corrected chi connectivity index (χ0v) is 8.95. The van der Waals surface area contributed by atoms with Crippen LogP contribution in [0.2, 0.25) is 5.02 Å². The van der Waals surface area contributed by atoms with Crippen LogP contribution in [0.1, 0.15) is 10.6 Å². The van der Waals surface area contributed by atoms with Crippen LogP contribution in [-0.2, 0) is 11.8 Å². The smallest absolute Gasteiger partial charge is 0.374 e. The second-order valence-corrected chi connectivity index (χ2v) is 3.36. The number of ether oxygens (including phenoxy) is 1. The first-order valence-electron chi connectivity index (χ1n) is 4.20. The molecule has 0 aromatic carbocycles. The number of carbonyl (C=O) groups is 1. The van der Waals surface area contributed by atoms with Crippen molar-refractivity contribution in [3.05, 3.63) is 23.1 Å². The van der Waals surface area contributed by atoms with Crippen LogP contribution in [0.5, 0.6) is 0 Å². The maximum Gasteiger partial charge on any atom is 0.374 e. The molecule has 0 N–H and O–H groups in total. The monoisotopic (exact) mass is 225 g/mol. The average molecular weight is 226 g/mol. The van der Waals surface area contributed by atoms with E-state index in [1.165, 1.54) is 7.11 Å². The topological polar surface area (TPSA) is 57.0 Å². The summed E-state index contributed by atoms with van der Waals surface area (Å²) in [4.78, 5) is 19.5. The summed E-state index contributed by atoms with van der Waals surface area (Å²) in [5.41, 5.74) is 1.06. The van der Waals surface area contributed by atoms with Gasteiger partial charge in [-0.05, 0) is 6.07 Å². The molecule has 0 amide bonds. The molecule has 0 spiro atoms. The van der Waals surface area contributed by atoms with Gasteiger partial charge < -0.3 is 9.30 Å².